The number of nitrogens with two attached hydrogens (primary N) is 1. The number of carbonyl (C=O) groups is 10. The lowest BCUT2D eigenvalue weighted by atomic mass is 9.83. The van der Waals surface area contributed by atoms with E-state index < -0.39 is 120 Å². The van der Waals surface area contributed by atoms with Crippen molar-refractivity contribution in [2.75, 3.05) is 57.6 Å². The predicted octanol–water partition coefficient (Wildman–Crippen LogP) is 4.85. The number of rotatable bonds is 39. The van der Waals surface area contributed by atoms with E-state index in [1.54, 1.807) is 116 Å². The molecule has 0 unspecified atom stereocenters. The van der Waals surface area contributed by atoms with Crippen LogP contribution in [0.5, 0.6) is 0 Å². The number of urea groups is 1. The van der Waals surface area contributed by atoms with E-state index in [4.69, 9.17) is 10.5 Å². The highest BCUT2D eigenvalue weighted by atomic mass is 79.9. The van der Waals surface area contributed by atoms with Crippen LogP contribution < -0.4 is 43.0 Å². The summed E-state index contributed by atoms with van der Waals surface area (Å²) in [5.41, 5.74) is 6.75. The molecule has 3 rings (SSSR count). The lowest BCUT2D eigenvalue weighted by Crippen LogP contribution is -2.59. The summed E-state index contributed by atoms with van der Waals surface area (Å²) in [5, 5.41) is 52.3. The molecule has 1 aliphatic heterocycles. The molecule has 0 spiro atoms. The van der Waals surface area contributed by atoms with Gasteiger partial charge in [-0.3, -0.25) is 43.3 Å². The summed E-state index contributed by atoms with van der Waals surface area (Å²) >= 11 is 3.10. The minimum Gasteiger partial charge on any atom is -0.445 e. The van der Waals surface area contributed by atoms with Crippen molar-refractivity contribution in [1.29, 1.82) is 0 Å². The zero-order valence-corrected chi connectivity index (χ0v) is 57.6. The molecule has 0 saturated carbocycles. The van der Waals surface area contributed by atoms with Crippen molar-refractivity contribution in [3.05, 3.63) is 65.7 Å². The molecular weight excluding hydrogens is 1250 g/mol. The first kappa shape index (κ1) is 79.3. The van der Waals surface area contributed by atoms with Gasteiger partial charge in [-0.05, 0) is 92.4 Å². The number of unbranched alkanes of at least 4 members (excludes halogenated alkanes) is 2. The third kappa shape index (κ3) is 24.9. The molecule has 12 N–H and O–H groups in total. The quantitative estimate of drug-likeness (QED) is 0.0315. The van der Waals surface area contributed by atoms with Crippen LogP contribution in [0.15, 0.2) is 54.6 Å². The summed E-state index contributed by atoms with van der Waals surface area (Å²) in [6, 6.07) is 8.55. The van der Waals surface area contributed by atoms with Crippen LogP contribution in [0.2, 0.25) is 0 Å². The summed E-state index contributed by atoms with van der Waals surface area (Å²) in [6.45, 7) is 17.8. The number of benzene rings is 2. The average Bonchev–Trinajstić information content (AvgIpc) is 1.45. The lowest BCUT2D eigenvalue weighted by Gasteiger charge is -2.41. The van der Waals surface area contributed by atoms with Gasteiger partial charge in [0.25, 0.3) is 0 Å². The van der Waals surface area contributed by atoms with E-state index in [0.29, 0.717) is 68.4 Å². The minimum absolute atomic E-state index is 0.0997. The molecule has 12 atom stereocenters. The third-order valence-electron chi connectivity index (χ3n) is 17.4. The number of hydrogen-bond donors (Lipinski definition) is 11. The third-order valence-corrected chi connectivity index (χ3v) is 17.9. The largest absolute Gasteiger partial charge is 0.445 e. The first-order chi connectivity index (χ1) is 43.5. The number of aliphatic hydroxyl groups excluding tert-OH is 3. The molecule has 516 valence electrons. The van der Waals surface area contributed by atoms with Crippen molar-refractivity contribution in [3.8, 4) is 0 Å². The highest BCUT2D eigenvalue weighted by molar-refractivity contribution is 9.09. The maximum atomic E-state index is 14.8. The van der Waals surface area contributed by atoms with E-state index in [1.165, 1.54) is 11.9 Å². The van der Waals surface area contributed by atoms with Crippen LogP contribution in [0.1, 0.15) is 151 Å². The van der Waals surface area contributed by atoms with Crippen LogP contribution in [0.3, 0.4) is 0 Å². The fourth-order valence-electron chi connectivity index (χ4n) is 11.8. The number of amides is 11. The van der Waals surface area contributed by atoms with Crippen molar-refractivity contribution in [1.82, 2.24) is 46.6 Å². The number of nitrogens with zero attached hydrogens (tertiary/aromatic N) is 3. The van der Waals surface area contributed by atoms with Crippen molar-refractivity contribution in [2.24, 2.45) is 47.2 Å². The van der Waals surface area contributed by atoms with Crippen LogP contribution in [-0.2, 0) is 49.7 Å². The molecule has 1 aliphatic rings. The lowest BCUT2D eigenvalue weighted by molar-refractivity contribution is -0.144. The smallest absolute Gasteiger partial charge is 0.410 e. The predicted molar refractivity (Wildman–Crippen MR) is 354 cm³/mol. The highest BCUT2D eigenvalue weighted by Gasteiger charge is 2.43. The monoisotopic (exact) mass is 1360 g/mol. The fourth-order valence-corrected chi connectivity index (χ4v) is 12.0. The Morgan fingerprint density at radius 2 is 1.35 bits per heavy atom. The number of primary amides is 1. The number of aliphatic hydroxyl groups is 3. The Hall–Kier alpha value is -6.90. The number of nitrogens with one attached hydrogen (secondary N) is 7. The maximum Gasteiger partial charge on any atom is 0.410 e. The van der Waals surface area contributed by atoms with Crippen LogP contribution in [-0.4, -0.2) is 184 Å². The van der Waals surface area contributed by atoms with E-state index in [-0.39, 0.29) is 86.2 Å². The van der Waals surface area contributed by atoms with Gasteiger partial charge >= 0.3 is 12.1 Å². The molecule has 2 aromatic rings. The molecule has 92 heavy (non-hydrogen) atoms. The molecule has 0 bridgehead atoms. The summed E-state index contributed by atoms with van der Waals surface area (Å²) in [5.74, 6) is -6.94. The van der Waals surface area contributed by atoms with Crippen LogP contribution in [0.4, 0.5) is 15.3 Å². The topological polar surface area (TPSA) is 361 Å². The van der Waals surface area contributed by atoms with Gasteiger partial charge < -0.3 is 72.8 Å². The van der Waals surface area contributed by atoms with Crippen molar-refractivity contribution in [3.63, 3.8) is 0 Å². The van der Waals surface area contributed by atoms with Gasteiger partial charge in [0.15, 0.2) is 0 Å². The Balaban J connectivity index is 1.69. The second-order valence-electron chi connectivity index (χ2n) is 25.4. The molecule has 25 nitrogen and oxygen atoms in total. The molecule has 0 radical (unpaired) electrons. The number of likely N-dealkylation sites (N-methyl/N-ethyl adjacent to an activating group) is 2. The number of ether oxygens (including phenoxy) is 1. The SMILES string of the molecule is CC[C@H](C)[C@@H]([C@H](CO)CC(=O)N1CCC[C@H]1[C@H](CO)[C@@H](C)C(=O)N[C@H](C)[C@@H](O)c1ccccc1)N(C)C(=O)[C@@H](NC(=O)[C@H](C(C)C)N(C)C(=O)OCc1ccc(NC(=O)[C@H](CCCNC(N)=O)NC(=O)[C@@H](NC(=O)CCCCCNC(=O)CBr)C(C)C)cc1)C(C)C. The summed E-state index contributed by atoms with van der Waals surface area (Å²) < 4.78 is 5.68. The second-order valence-corrected chi connectivity index (χ2v) is 26.0. The van der Waals surface area contributed by atoms with Gasteiger partial charge in [0, 0.05) is 95.3 Å². The van der Waals surface area contributed by atoms with Gasteiger partial charge in [-0.15, -0.1) is 0 Å². The van der Waals surface area contributed by atoms with E-state index >= 15 is 0 Å². The highest BCUT2D eigenvalue weighted by Crippen LogP contribution is 2.33. The zero-order chi connectivity index (χ0) is 68.9. The van der Waals surface area contributed by atoms with E-state index in [9.17, 15) is 63.3 Å². The minimum atomic E-state index is -1.10. The molecule has 2 aromatic carbocycles. The Bertz CT molecular complexity index is 2690. The number of halogens is 1. The van der Waals surface area contributed by atoms with Gasteiger partial charge in [-0.25, -0.2) is 9.59 Å². The summed E-state index contributed by atoms with van der Waals surface area (Å²) in [4.78, 5) is 138. The van der Waals surface area contributed by atoms with Gasteiger partial charge in [-0.2, -0.15) is 0 Å². The molecule has 1 saturated heterocycles. The molecular formula is C66H106BrN11O14. The number of anilines is 1. The standard InChI is InChI=1S/C66H106BrN11O14/c1-13-42(8)58(47(36-79)34-54(83)78-33-21-25-51(78)49(37-80)43(9)60(85)71-44(10)59(84)46-22-16-14-17-23-46)76(11)64(89)56(40(4)5)75-63(88)57(41(6)7)77(12)66(91)92-38-45-27-29-48(30-28-45)72-61(86)50(24-20-32-70-65(68)90)73-62(87)55(39(2)3)74-52(81)26-18-15-19-31-69-53(82)35-67/h14,16-17,22-23,27-30,39-44,47,49-51,55-59,79-80,84H,13,15,18-21,24-26,31-38H2,1-12H3,(H,69,82)(H,71,85)(H,72,86)(H,73,87)(H,74,81)(H,75,88)(H3,68,70,90)/t42-,43+,44+,47-,49+,50-,51-,55-,56-,57-,58-,59+/m0/s1. The maximum absolute atomic E-state index is 14.8. The molecule has 1 heterocycles. The molecule has 1 fully saturated rings. The Kier molecular flexibility index (Phi) is 34.7. The first-order valence-corrected chi connectivity index (χ1v) is 33.5. The Morgan fingerprint density at radius 3 is 1.92 bits per heavy atom. The van der Waals surface area contributed by atoms with Gasteiger partial charge in [0.05, 0.1) is 17.5 Å². The Labute approximate surface area is 552 Å². The van der Waals surface area contributed by atoms with Crippen molar-refractivity contribution in [2.45, 2.75) is 188 Å². The Morgan fingerprint density at radius 1 is 0.707 bits per heavy atom. The van der Waals surface area contributed by atoms with E-state index in [1.807, 2.05) is 19.9 Å². The van der Waals surface area contributed by atoms with E-state index in [0.717, 1.165) is 4.90 Å². The summed E-state index contributed by atoms with van der Waals surface area (Å²) in [6.07, 6.45) is 2.23. The molecule has 0 aliphatic carbocycles. The number of alkyl halides is 1. The van der Waals surface area contributed by atoms with Gasteiger partial charge in [0.1, 0.15) is 30.8 Å². The van der Waals surface area contributed by atoms with Crippen LogP contribution >= 0.6 is 15.9 Å². The van der Waals surface area contributed by atoms with Crippen LogP contribution in [0.25, 0.3) is 0 Å². The summed E-state index contributed by atoms with van der Waals surface area (Å²) in [7, 11) is 3.02. The average molecular weight is 1360 g/mol. The number of likely N-dealkylation sites (tertiary alicyclic amines) is 1. The molecule has 11 amide bonds. The van der Waals surface area contributed by atoms with Crippen molar-refractivity contribution < 1.29 is 68.0 Å². The zero-order valence-electron chi connectivity index (χ0n) is 56.0. The van der Waals surface area contributed by atoms with Crippen LogP contribution in [0, 0.1) is 41.4 Å². The van der Waals surface area contributed by atoms with E-state index in [2.05, 4.69) is 53.1 Å². The number of hydrogen-bond acceptors (Lipinski definition) is 14. The number of carbonyl (C=O) groups excluding carboxylic acids is 10. The van der Waals surface area contributed by atoms with Gasteiger partial charge in [0.2, 0.25) is 47.3 Å². The second kappa shape index (κ2) is 40.3. The first-order valence-electron chi connectivity index (χ1n) is 32.4. The fraction of sp³-hybridized carbons (Fsp3) is 0.667. The molecule has 0 aromatic heterocycles. The molecule has 26 heteroatoms. The van der Waals surface area contributed by atoms with Crippen molar-refractivity contribution >= 4 is 81.0 Å². The van der Waals surface area contributed by atoms with Gasteiger partial charge in [-0.1, -0.05) is 134 Å². The normalized spacial score (nSPS) is 16.7.